The summed E-state index contributed by atoms with van der Waals surface area (Å²) in [6.07, 6.45) is 0.965. The minimum absolute atomic E-state index is 0.0132. The van der Waals surface area contributed by atoms with E-state index in [9.17, 15) is 9.59 Å². The topological polar surface area (TPSA) is 78.9 Å². The van der Waals surface area contributed by atoms with E-state index >= 15 is 0 Å². The Morgan fingerprint density at radius 2 is 2.21 bits per heavy atom. The second kappa shape index (κ2) is 8.12. The number of amides is 1. The largest absolute Gasteiger partial charge is 0.481 e. The van der Waals surface area contributed by atoms with Crippen molar-refractivity contribution in [3.63, 3.8) is 0 Å². The number of rotatable bonds is 7. The fourth-order valence-electron chi connectivity index (χ4n) is 2.03. The van der Waals surface area contributed by atoms with Crippen LogP contribution in [-0.2, 0) is 14.3 Å². The number of nitrogens with zero attached hydrogens (tertiary/aromatic N) is 1. The number of carbonyl (C=O) groups excluding carboxylic acids is 1. The van der Waals surface area contributed by atoms with Gasteiger partial charge in [-0.05, 0) is 12.3 Å². The Kier molecular flexibility index (Phi) is 6.80. The molecule has 1 unspecified atom stereocenters. The second-order valence-corrected chi connectivity index (χ2v) is 5.33. The van der Waals surface area contributed by atoms with Gasteiger partial charge >= 0.3 is 5.97 Å². The van der Waals surface area contributed by atoms with Gasteiger partial charge in [0.25, 0.3) is 0 Å². The molecule has 0 saturated carbocycles. The highest BCUT2D eigenvalue weighted by molar-refractivity contribution is 5.78. The third-order valence-electron chi connectivity index (χ3n) is 3.15. The molecule has 0 aromatic heterocycles. The number of carboxylic acid groups (broad SMARTS) is 1. The van der Waals surface area contributed by atoms with Crippen molar-refractivity contribution in [1.82, 2.24) is 10.2 Å². The molecular weight excluding hydrogens is 248 g/mol. The van der Waals surface area contributed by atoms with Crippen LogP contribution in [0.2, 0.25) is 0 Å². The number of nitrogens with one attached hydrogen (secondary N) is 1. The van der Waals surface area contributed by atoms with Crippen molar-refractivity contribution in [3.05, 3.63) is 0 Å². The highest BCUT2D eigenvalue weighted by Gasteiger charge is 2.26. The van der Waals surface area contributed by atoms with Crippen LogP contribution in [0.15, 0.2) is 0 Å². The van der Waals surface area contributed by atoms with Gasteiger partial charge in [0.05, 0.1) is 26.2 Å². The van der Waals surface area contributed by atoms with Crippen molar-refractivity contribution < 1.29 is 19.4 Å². The number of hydrogen-bond acceptors (Lipinski definition) is 4. The molecule has 1 fully saturated rings. The maximum Gasteiger partial charge on any atom is 0.305 e. The van der Waals surface area contributed by atoms with Crippen LogP contribution >= 0.6 is 0 Å². The molecule has 1 amide bonds. The Morgan fingerprint density at radius 3 is 2.84 bits per heavy atom. The van der Waals surface area contributed by atoms with Gasteiger partial charge in [-0.2, -0.15) is 0 Å². The smallest absolute Gasteiger partial charge is 0.305 e. The lowest BCUT2D eigenvalue weighted by Gasteiger charge is -2.34. The van der Waals surface area contributed by atoms with Gasteiger partial charge in [0.15, 0.2) is 0 Å². The average Bonchev–Trinajstić information content (AvgIpc) is 2.30. The SMILES string of the molecule is CC(C)CCNC(=O)CN1CCOCC1CC(=O)O. The maximum atomic E-state index is 11.8. The monoisotopic (exact) mass is 272 g/mol. The number of carboxylic acids is 1. The Bertz CT molecular complexity index is 307. The summed E-state index contributed by atoms with van der Waals surface area (Å²) in [7, 11) is 0. The molecule has 1 atom stereocenters. The van der Waals surface area contributed by atoms with Crippen LogP contribution in [0.5, 0.6) is 0 Å². The fourth-order valence-corrected chi connectivity index (χ4v) is 2.03. The quantitative estimate of drug-likeness (QED) is 0.698. The van der Waals surface area contributed by atoms with Gasteiger partial charge in [0, 0.05) is 19.1 Å². The minimum atomic E-state index is -0.860. The molecule has 1 aliphatic rings. The van der Waals surface area contributed by atoms with Gasteiger partial charge < -0.3 is 15.2 Å². The van der Waals surface area contributed by atoms with Crippen LogP contribution < -0.4 is 5.32 Å². The number of aliphatic carboxylic acids is 1. The van der Waals surface area contributed by atoms with E-state index in [1.54, 1.807) is 0 Å². The lowest BCUT2D eigenvalue weighted by atomic mass is 10.1. The maximum absolute atomic E-state index is 11.8. The van der Waals surface area contributed by atoms with Gasteiger partial charge in [0.1, 0.15) is 0 Å². The summed E-state index contributed by atoms with van der Waals surface area (Å²) in [5.74, 6) is -0.345. The zero-order valence-electron chi connectivity index (χ0n) is 11.7. The number of ether oxygens (including phenoxy) is 1. The standard InChI is InChI=1S/C13H24N2O4/c1-10(2)3-4-14-12(16)8-15-5-6-19-9-11(15)7-13(17)18/h10-11H,3-9H2,1-2H3,(H,14,16)(H,17,18). The molecular formula is C13H24N2O4. The molecule has 1 aliphatic heterocycles. The first-order valence-electron chi connectivity index (χ1n) is 6.79. The van der Waals surface area contributed by atoms with E-state index in [-0.39, 0.29) is 24.9 Å². The molecule has 6 heteroatoms. The minimum Gasteiger partial charge on any atom is -0.481 e. The Labute approximate surface area is 114 Å². The van der Waals surface area contributed by atoms with Gasteiger partial charge in [-0.25, -0.2) is 0 Å². The van der Waals surface area contributed by atoms with E-state index in [4.69, 9.17) is 9.84 Å². The number of hydrogen-bond donors (Lipinski definition) is 2. The van der Waals surface area contributed by atoms with Crippen LogP contribution in [0, 0.1) is 5.92 Å². The van der Waals surface area contributed by atoms with Gasteiger partial charge in [-0.1, -0.05) is 13.8 Å². The molecule has 0 bridgehead atoms. The lowest BCUT2D eigenvalue weighted by Crippen LogP contribution is -2.50. The van der Waals surface area contributed by atoms with Crippen molar-refractivity contribution in [1.29, 1.82) is 0 Å². The summed E-state index contributed by atoms with van der Waals surface area (Å²) in [5, 5.41) is 11.7. The second-order valence-electron chi connectivity index (χ2n) is 5.33. The van der Waals surface area contributed by atoms with E-state index in [2.05, 4.69) is 19.2 Å². The zero-order chi connectivity index (χ0) is 14.3. The van der Waals surface area contributed by atoms with Gasteiger partial charge in [-0.15, -0.1) is 0 Å². The van der Waals surface area contributed by atoms with E-state index in [0.717, 1.165) is 6.42 Å². The first kappa shape index (κ1) is 15.9. The van der Waals surface area contributed by atoms with Crippen molar-refractivity contribution in [2.24, 2.45) is 5.92 Å². The van der Waals surface area contributed by atoms with Crippen molar-refractivity contribution in [2.75, 3.05) is 32.8 Å². The van der Waals surface area contributed by atoms with E-state index in [0.29, 0.717) is 32.2 Å². The van der Waals surface area contributed by atoms with E-state index < -0.39 is 5.97 Å². The molecule has 6 nitrogen and oxygen atoms in total. The summed E-state index contributed by atoms with van der Waals surface area (Å²) in [6.45, 7) is 6.67. The Balaban J connectivity index is 2.34. The molecule has 110 valence electrons. The van der Waals surface area contributed by atoms with Crippen LogP contribution in [0.25, 0.3) is 0 Å². The molecule has 2 N–H and O–H groups in total. The molecule has 19 heavy (non-hydrogen) atoms. The predicted molar refractivity (Wildman–Crippen MR) is 70.9 cm³/mol. The Hall–Kier alpha value is -1.14. The predicted octanol–water partition coefficient (Wildman–Crippen LogP) is 0.324. The van der Waals surface area contributed by atoms with Crippen molar-refractivity contribution >= 4 is 11.9 Å². The number of morpholine rings is 1. The molecule has 0 aromatic carbocycles. The number of carbonyl (C=O) groups is 2. The molecule has 0 spiro atoms. The normalized spacial score (nSPS) is 20.5. The van der Waals surface area contributed by atoms with Crippen molar-refractivity contribution in [2.45, 2.75) is 32.7 Å². The van der Waals surface area contributed by atoms with E-state index in [1.165, 1.54) is 0 Å². The summed E-state index contributed by atoms with van der Waals surface area (Å²) in [4.78, 5) is 24.4. The van der Waals surface area contributed by atoms with Crippen LogP contribution in [0.1, 0.15) is 26.7 Å². The van der Waals surface area contributed by atoms with Crippen LogP contribution in [-0.4, -0.2) is 60.8 Å². The van der Waals surface area contributed by atoms with Gasteiger partial charge in [0.2, 0.25) is 5.91 Å². The highest BCUT2D eigenvalue weighted by atomic mass is 16.5. The van der Waals surface area contributed by atoms with Gasteiger partial charge in [-0.3, -0.25) is 14.5 Å². The highest BCUT2D eigenvalue weighted by Crippen LogP contribution is 2.10. The van der Waals surface area contributed by atoms with Crippen LogP contribution in [0.3, 0.4) is 0 Å². The molecule has 1 saturated heterocycles. The molecule has 0 aliphatic carbocycles. The fraction of sp³-hybridized carbons (Fsp3) is 0.846. The summed E-state index contributed by atoms with van der Waals surface area (Å²) < 4.78 is 5.27. The lowest BCUT2D eigenvalue weighted by molar-refractivity contribution is -0.141. The zero-order valence-corrected chi connectivity index (χ0v) is 11.7. The summed E-state index contributed by atoms with van der Waals surface area (Å²) in [6, 6.07) is -0.206. The van der Waals surface area contributed by atoms with E-state index in [1.807, 2.05) is 4.90 Å². The summed E-state index contributed by atoms with van der Waals surface area (Å²) >= 11 is 0. The first-order chi connectivity index (χ1) is 8.99. The summed E-state index contributed by atoms with van der Waals surface area (Å²) in [5.41, 5.74) is 0. The third kappa shape index (κ3) is 6.54. The molecule has 1 rings (SSSR count). The molecule has 0 aromatic rings. The first-order valence-corrected chi connectivity index (χ1v) is 6.79. The Morgan fingerprint density at radius 1 is 1.47 bits per heavy atom. The van der Waals surface area contributed by atoms with Crippen LogP contribution in [0.4, 0.5) is 0 Å². The third-order valence-corrected chi connectivity index (χ3v) is 3.15. The van der Waals surface area contributed by atoms with Crippen molar-refractivity contribution in [3.8, 4) is 0 Å². The molecule has 0 radical (unpaired) electrons. The average molecular weight is 272 g/mol. The molecule has 1 heterocycles.